The van der Waals surface area contributed by atoms with Crippen molar-refractivity contribution in [3.05, 3.63) is 352 Å². The maximum atomic E-state index is 2.41. The van der Waals surface area contributed by atoms with Crippen LogP contribution in [0.1, 0.15) is 0 Å². The number of fused-ring (bicyclic) bond motifs is 6. The molecule has 0 saturated heterocycles. The van der Waals surface area contributed by atoms with Gasteiger partial charge in [-0.3, -0.25) is 0 Å². The third-order valence-corrected chi connectivity index (χ3v) is 19.4. The number of rotatable bonds is 11. The molecule has 18 rings (SSSR count). The molecule has 0 saturated carbocycles. The van der Waals surface area contributed by atoms with Crippen LogP contribution in [0, 0.1) is 0 Å². The van der Waals surface area contributed by atoms with Crippen molar-refractivity contribution in [2.75, 3.05) is 0 Å². The van der Waals surface area contributed by atoms with E-state index in [0.29, 0.717) is 0 Å². The van der Waals surface area contributed by atoms with Crippen molar-refractivity contribution >= 4 is 21.5 Å². The van der Waals surface area contributed by atoms with Crippen LogP contribution in [0.5, 0.6) is 0 Å². The van der Waals surface area contributed by atoms with Crippen molar-refractivity contribution < 1.29 is 0 Å². The zero-order valence-corrected chi connectivity index (χ0v) is 50.5. The van der Waals surface area contributed by atoms with E-state index in [9.17, 15) is 0 Å². The number of hydrogen-bond donors (Lipinski definition) is 0. The first-order valence-corrected chi connectivity index (χ1v) is 32.0. The van der Waals surface area contributed by atoms with Gasteiger partial charge < -0.3 is 0 Å². The maximum Gasteiger partial charge on any atom is -0.000718 e. The Labute approximate surface area is 537 Å². The molecule has 0 radical (unpaired) electrons. The van der Waals surface area contributed by atoms with Crippen molar-refractivity contribution in [1.82, 2.24) is 0 Å². The average Bonchev–Trinajstić information content (AvgIpc) is 1.50. The Bertz CT molecular complexity index is 4920. The van der Waals surface area contributed by atoms with E-state index in [1.807, 2.05) is 0 Å². The highest BCUT2D eigenvalue weighted by Crippen LogP contribution is 2.64. The van der Waals surface area contributed by atoms with Gasteiger partial charge in [-0.25, -0.2) is 0 Å². The standard InChI is InChI=1S/C92H58/c1-9-27-63(28-10-1)79-81(65-31-13-3-14-32-65)85(69-39-21-7-22-40-69)91-77-57-55-71(73-43-25-45-75(87(73)77)89(91)83(79)67-35-17-5-18-36-67)61-51-47-59(48-52-61)60-49-53-62(54-50-60)72-56-58-78-88-74(72)44-26-46-76(88)90-84(68-37-19-6-20-38-68)80(64-29-11-2-12-30-64)82(66-33-15-4-16-34-66)86(92(78)90)70-41-23-8-24-42-70/h1-58H. The molecule has 0 heterocycles. The van der Waals surface area contributed by atoms with Crippen LogP contribution in [0.3, 0.4) is 0 Å². The molecule has 16 aromatic carbocycles. The molecule has 0 unspecified atom stereocenters. The summed E-state index contributed by atoms with van der Waals surface area (Å²) in [4.78, 5) is 0. The second-order valence-electron chi connectivity index (χ2n) is 24.4. The molecule has 2 aliphatic rings. The van der Waals surface area contributed by atoms with Gasteiger partial charge in [0.05, 0.1) is 0 Å². The van der Waals surface area contributed by atoms with Gasteiger partial charge in [0.15, 0.2) is 0 Å². The van der Waals surface area contributed by atoms with E-state index in [-0.39, 0.29) is 0 Å². The van der Waals surface area contributed by atoms with E-state index >= 15 is 0 Å². The highest BCUT2D eigenvalue weighted by atomic mass is 14.4. The van der Waals surface area contributed by atoms with Gasteiger partial charge in [0, 0.05) is 0 Å². The third-order valence-electron chi connectivity index (χ3n) is 19.4. The molecule has 0 amide bonds. The van der Waals surface area contributed by atoms with Gasteiger partial charge in [0.1, 0.15) is 0 Å². The fourth-order valence-electron chi connectivity index (χ4n) is 15.6. The molecule has 0 aromatic heterocycles. The normalized spacial score (nSPS) is 11.7. The van der Waals surface area contributed by atoms with Gasteiger partial charge in [-0.1, -0.05) is 352 Å². The van der Waals surface area contributed by atoms with Crippen molar-refractivity contribution in [3.63, 3.8) is 0 Å². The first-order chi connectivity index (χ1) is 45.7. The lowest BCUT2D eigenvalue weighted by Gasteiger charge is -2.26. The molecule has 0 N–H and O–H groups in total. The Kier molecular flexibility index (Phi) is 12.7. The molecule has 2 aliphatic carbocycles. The lowest BCUT2D eigenvalue weighted by Crippen LogP contribution is -1.99. The lowest BCUT2D eigenvalue weighted by atomic mass is 9.76. The van der Waals surface area contributed by atoms with Gasteiger partial charge in [0.25, 0.3) is 0 Å². The monoisotopic (exact) mass is 1160 g/mol. The highest BCUT2D eigenvalue weighted by Gasteiger charge is 2.36. The molecule has 0 bridgehead atoms. The minimum Gasteiger partial charge on any atom is -0.0622 e. The number of hydrogen-bond acceptors (Lipinski definition) is 0. The molecule has 0 fully saturated rings. The van der Waals surface area contributed by atoms with Crippen LogP contribution in [-0.4, -0.2) is 0 Å². The van der Waals surface area contributed by atoms with Gasteiger partial charge in [-0.05, 0) is 188 Å². The smallest absolute Gasteiger partial charge is 0.000718 e. The fraction of sp³-hybridized carbons (Fsp3) is 0. The summed E-state index contributed by atoms with van der Waals surface area (Å²) in [6.07, 6.45) is 0. The van der Waals surface area contributed by atoms with Crippen LogP contribution in [-0.2, 0) is 0 Å². The van der Waals surface area contributed by atoms with Gasteiger partial charge in [0.2, 0.25) is 0 Å². The third kappa shape index (κ3) is 8.46. The predicted octanol–water partition coefficient (Wildman–Crippen LogP) is 25.6. The summed E-state index contributed by atoms with van der Waals surface area (Å²) >= 11 is 0. The largest absolute Gasteiger partial charge is 0.0622 e. The van der Waals surface area contributed by atoms with E-state index in [2.05, 4.69) is 352 Å². The molecule has 0 atom stereocenters. The van der Waals surface area contributed by atoms with E-state index in [0.717, 1.165) is 0 Å². The van der Waals surface area contributed by atoms with Gasteiger partial charge in [-0.2, -0.15) is 0 Å². The van der Waals surface area contributed by atoms with Crippen molar-refractivity contribution in [2.45, 2.75) is 0 Å². The molecule has 0 nitrogen and oxygen atoms in total. The summed E-state index contributed by atoms with van der Waals surface area (Å²) in [5.41, 5.74) is 37.1. The van der Waals surface area contributed by atoms with E-state index in [4.69, 9.17) is 0 Å². The molecule has 16 aromatic rings. The van der Waals surface area contributed by atoms with Crippen LogP contribution >= 0.6 is 0 Å². The summed E-state index contributed by atoms with van der Waals surface area (Å²) < 4.78 is 0. The quantitative estimate of drug-likeness (QED) is 0.121. The summed E-state index contributed by atoms with van der Waals surface area (Å²) in [5.74, 6) is 0. The highest BCUT2D eigenvalue weighted by molar-refractivity contribution is 6.29. The Balaban J connectivity index is 0.755. The van der Waals surface area contributed by atoms with Crippen LogP contribution in [0.4, 0.5) is 0 Å². The van der Waals surface area contributed by atoms with E-state index in [1.54, 1.807) is 0 Å². The van der Waals surface area contributed by atoms with Crippen LogP contribution in [0.15, 0.2) is 352 Å². The Hall–Kier alpha value is -12.0. The SMILES string of the molecule is c1ccc(-c2c(-c3ccccc3)c(-c3ccccc3)c3c(c2-c2ccccc2)-c2cccc4c(-c5ccc(-c6ccc(-c7ccc8c9c(cccc79)-c7c(-c9ccccc9)c(-c9ccccc9)c(-c9ccccc9)c(-c9ccccc9)c7-8)cc6)cc5)ccc-3c24)cc1. The van der Waals surface area contributed by atoms with Gasteiger partial charge in [-0.15, -0.1) is 0 Å². The van der Waals surface area contributed by atoms with Gasteiger partial charge >= 0.3 is 0 Å². The Morgan fingerprint density at radius 3 is 0.511 bits per heavy atom. The topological polar surface area (TPSA) is 0 Å². The zero-order chi connectivity index (χ0) is 60.6. The summed E-state index contributed by atoms with van der Waals surface area (Å²) in [7, 11) is 0. The Morgan fingerprint density at radius 2 is 0.283 bits per heavy atom. The summed E-state index contributed by atoms with van der Waals surface area (Å²) in [6, 6.07) is 131. The summed E-state index contributed by atoms with van der Waals surface area (Å²) in [6.45, 7) is 0. The van der Waals surface area contributed by atoms with Crippen LogP contribution in [0.2, 0.25) is 0 Å². The first kappa shape index (κ1) is 53.1. The second-order valence-corrected chi connectivity index (χ2v) is 24.4. The molecule has 0 heteroatoms. The average molecular weight is 1160 g/mol. The molecule has 92 heavy (non-hydrogen) atoms. The summed E-state index contributed by atoms with van der Waals surface area (Å²) in [5, 5.41) is 5.10. The van der Waals surface area contributed by atoms with Crippen molar-refractivity contribution in [3.8, 4) is 167 Å². The van der Waals surface area contributed by atoms with Crippen molar-refractivity contribution in [1.29, 1.82) is 0 Å². The molecular weight excluding hydrogens is 1110 g/mol. The molecular formula is C92H58. The lowest BCUT2D eigenvalue weighted by molar-refractivity contribution is 1.54. The minimum absolute atomic E-state index is 1.18. The maximum absolute atomic E-state index is 2.41. The predicted molar refractivity (Wildman–Crippen MR) is 390 cm³/mol. The minimum atomic E-state index is 1.18. The Morgan fingerprint density at radius 1 is 0.0978 bits per heavy atom. The van der Waals surface area contributed by atoms with Crippen LogP contribution < -0.4 is 0 Å². The van der Waals surface area contributed by atoms with Crippen LogP contribution in [0.25, 0.3) is 188 Å². The van der Waals surface area contributed by atoms with E-state index in [1.165, 1.54) is 188 Å². The molecule has 0 spiro atoms. The number of benzene rings is 16. The second kappa shape index (κ2) is 22.0. The zero-order valence-electron chi connectivity index (χ0n) is 50.5. The molecule has 0 aliphatic heterocycles. The fourth-order valence-corrected chi connectivity index (χ4v) is 15.6. The first-order valence-electron chi connectivity index (χ1n) is 32.0. The van der Waals surface area contributed by atoms with Crippen molar-refractivity contribution in [2.24, 2.45) is 0 Å². The van der Waals surface area contributed by atoms with E-state index < -0.39 is 0 Å². The molecule has 426 valence electrons.